The molecule has 1 unspecified atom stereocenters. The van der Waals surface area contributed by atoms with Crippen LogP contribution in [0.3, 0.4) is 0 Å². The highest BCUT2D eigenvalue weighted by Crippen LogP contribution is 2.33. The molecule has 1 fully saturated rings. The lowest BCUT2D eigenvalue weighted by Gasteiger charge is -2.38. The lowest BCUT2D eigenvalue weighted by molar-refractivity contribution is -0.117. The van der Waals surface area contributed by atoms with Gasteiger partial charge >= 0.3 is 0 Å². The van der Waals surface area contributed by atoms with Crippen LogP contribution in [-0.4, -0.2) is 31.6 Å². The molecule has 0 radical (unpaired) electrons. The molecule has 3 rings (SSSR count). The number of nitrogens with zero attached hydrogens (tertiary/aromatic N) is 2. The van der Waals surface area contributed by atoms with E-state index in [1.54, 1.807) is 12.1 Å². The summed E-state index contributed by atoms with van der Waals surface area (Å²) in [5.41, 5.74) is 2.36. The molecule has 1 atom stereocenters. The maximum atomic E-state index is 12.2. The molecule has 19 heavy (non-hydrogen) atoms. The number of carbonyl (C=O) groups is 1. The van der Waals surface area contributed by atoms with E-state index in [-0.39, 0.29) is 11.9 Å². The molecule has 0 aliphatic carbocycles. The highest BCUT2D eigenvalue weighted by molar-refractivity contribution is 6.03. The first kappa shape index (κ1) is 12.0. The zero-order chi connectivity index (χ0) is 13.2. The third-order valence-corrected chi connectivity index (χ3v) is 3.72. The van der Waals surface area contributed by atoms with E-state index in [9.17, 15) is 4.79 Å². The summed E-state index contributed by atoms with van der Waals surface area (Å²) in [6.07, 6.45) is 2.09. The van der Waals surface area contributed by atoms with Gasteiger partial charge in [0.25, 0.3) is 0 Å². The summed E-state index contributed by atoms with van der Waals surface area (Å²) in [7, 11) is 0. The van der Waals surface area contributed by atoms with Crippen molar-refractivity contribution < 1.29 is 4.79 Å². The molecule has 0 saturated carbocycles. The standard InChI is InChI=1S/C14H16N4O/c15-7-10-3-4-12-13(6-10)18(14(19)9-17-12)11-2-1-5-16-8-11/h3-4,6,11,16-17H,1-2,5,8-9H2. The van der Waals surface area contributed by atoms with E-state index >= 15 is 0 Å². The average Bonchev–Trinajstić information content (AvgIpc) is 2.47. The third-order valence-electron chi connectivity index (χ3n) is 3.72. The molecule has 98 valence electrons. The van der Waals surface area contributed by atoms with E-state index in [4.69, 9.17) is 5.26 Å². The minimum Gasteiger partial charge on any atom is -0.374 e. The Morgan fingerprint density at radius 2 is 2.32 bits per heavy atom. The van der Waals surface area contributed by atoms with Crippen molar-refractivity contribution >= 4 is 17.3 Å². The van der Waals surface area contributed by atoms with Gasteiger partial charge in [0.05, 0.1) is 29.6 Å². The molecule has 0 aromatic heterocycles. The van der Waals surface area contributed by atoms with Crippen molar-refractivity contribution in [1.82, 2.24) is 5.32 Å². The number of hydrogen-bond donors (Lipinski definition) is 2. The third kappa shape index (κ3) is 2.15. The summed E-state index contributed by atoms with van der Waals surface area (Å²) in [5.74, 6) is 0.0799. The molecule has 1 aromatic rings. The van der Waals surface area contributed by atoms with E-state index in [0.717, 1.165) is 37.3 Å². The quantitative estimate of drug-likeness (QED) is 0.788. The Morgan fingerprint density at radius 1 is 1.42 bits per heavy atom. The summed E-state index contributed by atoms with van der Waals surface area (Å²) in [4.78, 5) is 14.1. The molecule has 1 amide bonds. The zero-order valence-corrected chi connectivity index (χ0v) is 10.6. The summed E-state index contributed by atoms with van der Waals surface area (Å²) in [5, 5.41) is 15.5. The highest BCUT2D eigenvalue weighted by atomic mass is 16.2. The minimum absolute atomic E-state index is 0.0799. The predicted octanol–water partition coefficient (Wildman–Crippen LogP) is 1.07. The first-order valence-corrected chi connectivity index (χ1v) is 6.60. The van der Waals surface area contributed by atoms with Gasteiger partial charge in [0, 0.05) is 12.6 Å². The number of benzene rings is 1. The molecular weight excluding hydrogens is 240 g/mol. The van der Waals surface area contributed by atoms with Crippen molar-refractivity contribution in [3.05, 3.63) is 23.8 Å². The summed E-state index contributed by atoms with van der Waals surface area (Å²) >= 11 is 0. The number of carbonyl (C=O) groups excluding carboxylic acids is 1. The van der Waals surface area contributed by atoms with Crippen LogP contribution < -0.4 is 15.5 Å². The van der Waals surface area contributed by atoms with Crippen LogP contribution in [0.15, 0.2) is 18.2 Å². The van der Waals surface area contributed by atoms with Crippen LogP contribution >= 0.6 is 0 Å². The van der Waals surface area contributed by atoms with Crippen molar-refractivity contribution in [2.75, 3.05) is 29.9 Å². The summed E-state index contributed by atoms with van der Waals surface area (Å²) in [6, 6.07) is 7.78. The van der Waals surface area contributed by atoms with Crippen LogP contribution in [-0.2, 0) is 4.79 Å². The van der Waals surface area contributed by atoms with Crippen LogP contribution in [0.2, 0.25) is 0 Å². The van der Waals surface area contributed by atoms with Crippen LogP contribution in [0, 0.1) is 11.3 Å². The molecule has 5 nitrogen and oxygen atoms in total. The van der Waals surface area contributed by atoms with Crippen molar-refractivity contribution in [3.63, 3.8) is 0 Å². The van der Waals surface area contributed by atoms with Crippen LogP contribution in [0.5, 0.6) is 0 Å². The van der Waals surface area contributed by atoms with Crippen molar-refractivity contribution in [3.8, 4) is 6.07 Å². The van der Waals surface area contributed by atoms with Crippen LogP contribution in [0.1, 0.15) is 18.4 Å². The monoisotopic (exact) mass is 256 g/mol. The first-order chi connectivity index (χ1) is 9.29. The average molecular weight is 256 g/mol. The Morgan fingerprint density at radius 3 is 3.05 bits per heavy atom. The normalized spacial score (nSPS) is 22.4. The van der Waals surface area contributed by atoms with E-state index in [2.05, 4.69) is 16.7 Å². The second-order valence-electron chi connectivity index (χ2n) is 4.96. The maximum absolute atomic E-state index is 12.2. The molecule has 2 aliphatic heterocycles. The van der Waals surface area contributed by atoms with E-state index < -0.39 is 0 Å². The van der Waals surface area contributed by atoms with Crippen molar-refractivity contribution in [1.29, 1.82) is 5.26 Å². The number of rotatable bonds is 1. The molecular formula is C14H16N4O. The SMILES string of the molecule is N#Cc1ccc2c(c1)N(C1CCCNC1)C(=O)CN2. The van der Waals surface area contributed by atoms with Gasteiger partial charge in [-0.05, 0) is 37.6 Å². The van der Waals surface area contributed by atoms with Gasteiger partial charge in [0.2, 0.25) is 5.91 Å². The molecule has 2 N–H and O–H groups in total. The molecule has 5 heteroatoms. The lowest BCUT2D eigenvalue weighted by atomic mass is 10.0. The smallest absolute Gasteiger partial charge is 0.246 e. The zero-order valence-electron chi connectivity index (χ0n) is 10.6. The summed E-state index contributed by atoms with van der Waals surface area (Å²) in [6.45, 7) is 2.17. The Kier molecular flexibility index (Phi) is 3.10. The fourth-order valence-electron chi connectivity index (χ4n) is 2.79. The first-order valence-electron chi connectivity index (χ1n) is 6.60. The Bertz CT molecular complexity index is 543. The van der Waals surface area contributed by atoms with Gasteiger partial charge in [0.1, 0.15) is 0 Å². The van der Waals surface area contributed by atoms with Crippen LogP contribution in [0.4, 0.5) is 11.4 Å². The Balaban J connectivity index is 1.99. The fraction of sp³-hybridized carbons (Fsp3) is 0.429. The molecule has 2 aliphatic rings. The Labute approximate surface area is 112 Å². The van der Waals surface area contributed by atoms with E-state index in [1.807, 2.05) is 11.0 Å². The molecule has 0 spiro atoms. The molecule has 1 aromatic carbocycles. The number of nitrogens with one attached hydrogen (secondary N) is 2. The van der Waals surface area contributed by atoms with Gasteiger partial charge in [0.15, 0.2) is 0 Å². The Hall–Kier alpha value is -2.06. The van der Waals surface area contributed by atoms with Gasteiger partial charge < -0.3 is 15.5 Å². The van der Waals surface area contributed by atoms with Crippen LogP contribution in [0.25, 0.3) is 0 Å². The summed E-state index contributed by atoms with van der Waals surface area (Å²) < 4.78 is 0. The van der Waals surface area contributed by atoms with Gasteiger partial charge in [-0.3, -0.25) is 4.79 Å². The number of piperidine rings is 1. The second-order valence-corrected chi connectivity index (χ2v) is 4.96. The largest absolute Gasteiger partial charge is 0.374 e. The maximum Gasteiger partial charge on any atom is 0.246 e. The predicted molar refractivity (Wildman–Crippen MR) is 73.0 cm³/mol. The lowest BCUT2D eigenvalue weighted by Crippen LogP contribution is -2.52. The number of anilines is 2. The highest BCUT2D eigenvalue weighted by Gasteiger charge is 2.31. The van der Waals surface area contributed by atoms with Gasteiger partial charge in [-0.2, -0.15) is 5.26 Å². The number of fused-ring (bicyclic) bond motifs is 1. The number of hydrogen-bond acceptors (Lipinski definition) is 4. The van der Waals surface area contributed by atoms with Crippen molar-refractivity contribution in [2.24, 2.45) is 0 Å². The van der Waals surface area contributed by atoms with E-state index in [0.29, 0.717) is 12.1 Å². The van der Waals surface area contributed by atoms with E-state index in [1.165, 1.54) is 0 Å². The number of amides is 1. The van der Waals surface area contributed by atoms with Gasteiger partial charge in [-0.15, -0.1) is 0 Å². The topological polar surface area (TPSA) is 68.2 Å². The van der Waals surface area contributed by atoms with Crippen molar-refractivity contribution in [2.45, 2.75) is 18.9 Å². The fourth-order valence-corrected chi connectivity index (χ4v) is 2.79. The molecule has 1 saturated heterocycles. The minimum atomic E-state index is 0.0799. The second kappa shape index (κ2) is 4.90. The molecule has 0 bridgehead atoms. The van der Waals surface area contributed by atoms with Gasteiger partial charge in [-0.1, -0.05) is 0 Å². The molecule has 2 heterocycles. The van der Waals surface area contributed by atoms with Gasteiger partial charge in [-0.25, -0.2) is 0 Å². The number of nitriles is 1.